The lowest BCUT2D eigenvalue weighted by atomic mass is 10.1. The monoisotopic (exact) mass is 285 g/mol. The van der Waals surface area contributed by atoms with Crippen molar-refractivity contribution in [2.75, 3.05) is 0 Å². The van der Waals surface area contributed by atoms with E-state index < -0.39 is 5.97 Å². The standard InChI is InChI=1S/C16H15NO4/c1-3-9-13(18)12-14(21-15(9)16(19)20)10-7-5-6-8-11(10)17(12)4-2/h5-8H,3-4H2,1-2H3,(H,19,20). The molecule has 0 aliphatic rings. The average Bonchev–Trinajstić information content (AvgIpc) is 2.81. The highest BCUT2D eigenvalue weighted by Gasteiger charge is 2.23. The first-order chi connectivity index (χ1) is 10.1. The van der Waals surface area contributed by atoms with Crippen LogP contribution in [0.2, 0.25) is 0 Å². The van der Waals surface area contributed by atoms with E-state index in [1.165, 1.54) is 0 Å². The van der Waals surface area contributed by atoms with Gasteiger partial charge in [-0.3, -0.25) is 4.79 Å². The predicted octanol–water partition coefficient (Wildman–Crippen LogP) is 3.03. The molecule has 0 aliphatic carbocycles. The zero-order valence-electron chi connectivity index (χ0n) is 11.8. The first-order valence-corrected chi connectivity index (χ1v) is 6.90. The Labute approximate surface area is 120 Å². The quantitative estimate of drug-likeness (QED) is 0.802. The summed E-state index contributed by atoms with van der Waals surface area (Å²) in [6, 6.07) is 7.47. The molecule has 2 aromatic heterocycles. The van der Waals surface area contributed by atoms with Crippen molar-refractivity contribution in [1.82, 2.24) is 4.57 Å². The zero-order valence-corrected chi connectivity index (χ0v) is 11.8. The van der Waals surface area contributed by atoms with Crippen LogP contribution in [0.3, 0.4) is 0 Å². The minimum Gasteiger partial charge on any atom is -0.475 e. The number of benzene rings is 1. The lowest BCUT2D eigenvalue weighted by molar-refractivity contribution is 0.0661. The van der Waals surface area contributed by atoms with Crippen LogP contribution in [0, 0.1) is 0 Å². The summed E-state index contributed by atoms with van der Waals surface area (Å²) in [7, 11) is 0. The van der Waals surface area contributed by atoms with Crippen LogP contribution in [0.15, 0.2) is 33.5 Å². The smallest absolute Gasteiger partial charge is 0.372 e. The van der Waals surface area contributed by atoms with Crippen molar-refractivity contribution in [3.05, 3.63) is 45.8 Å². The highest BCUT2D eigenvalue weighted by molar-refractivity contribution is 6.05. The molecule has 108 valence electrons. The molecule has 2 heterocycles. The number of aryl methyl sites for hydroxylation is 1. The van der Waals surface area contributed by atoms with Crippen LogP contribution in [0.4, 0.5) is 0 Å². The molecule has 3 aromatic rings. The van der Waals surface area contributed by atoms with Gasteiger partial charge in [-0.2, -0.15) is 0 Å². The van der Waals surface area contributed by atoms with Crippen LogP contribution in [0.25, 0.3) is 22.0 Å². The molecule has 0 atom stereocenters. The van der Waals surface area contributed by atoms with Gasteiger partial charge in [0.15, 0.2) is 5.58 Å². The Morgan fingerprint density at radius 1 is 1.29 bits per heavy atom. The number of fused-ring (bicyclic) bond motifs is 3. The van der Waals surface area contributed by atoms with Gasteiger partial charge in [-0.15, -0.1) is 0 Å². The number of nitrogens with zero attached hydrogens (tertiary/aromatic N) is 1. The van der Waals surface area contributed by atoms with Crippen molar-refractivity contribution in [3.63, 3.8) is 0 Å². The number of carboxylic acid groups (broad SMARTS) is 1. The fourth-order valence-electron chi connectivity index (χ4n) is 2.83. The molecule has 0 bridgehead atoms. The van der Waals surface area contributed by atoms with Gasteiger partial charge in [0, 0.05) is 11.9 Å². The minimum absolute atomic E-state index is 0.215. The largest absolute Gasteiger partial charge is 0.475 e. The molecule has 0 saturated heterocycles. The van der Waals surface area contributed by atoms with E-state index in [2.05, 4.69) is 0 Å². The van der Waals surface area contributed by atoms with Crippen LogP contribution < -0.4 is 5.43 Å². The van der Waals surface area contributed by atoms with Gasteiger partial charge >= 0.3 is 5.97 Å². The Morgan fingerprint density at radius 3 is 2.62 bits per heavy atom. The second kappa shape index (κ2) is 4.77. The van der Waals surface area contributed by atoms with E-state index in [9.17, 15) is 14.7 Å². The summed E-state index contributed by atoms with van der Waals surface area (Å²) in [6.07, 6.45) is 0.325. The number of carbonyl (C=O) groups is 1. The number of hydrogen-bond donors (Lipinski definition) is 1. The third-order valence-corrected chi connectivity index (χ3v) is 3.76. The van der Waals surface area contributed by atoms with Gasteiger partial charge in [-0.05, 0) is 25.5 Å². The van der Waals surface area contributed by atoms with Crippen molar-refractivity contribution in [2.24, 2.45) is 0 Å². The lowest BCUT2D eigenvalue weighted by Gasteiger charge is -2.05. The van der Waals surface area contributed by atoms with Crippen LogP contribution in [0.5, 0.6) is 0 Å². The first-order valence-electron chi connectivity index (χ1n) is 6.90. The van der Waals surface area contributed by atoms with E-state index in [4.69, 9.17) is 4.42 Å². The molecule has 1 aromatic carbocycles. The maximum absolute atomic E-state index is 12.7. The van der Waals surface area contributed by atoms with Crippen molar-refractivity contribution < 1.29 is 14.3 Å². The second-order valence-corrected chi connectivity index (χ2v) is 4.84. The summed E-state index contributed by atoms with van der Waals surface area (Å²) in [6.45, 7) is 4.32. The fourth-order valence-corrected chi connectivity index (χ4v) is 2.83. The summed E-state index contributed by atoms with van der Waals surface area (Å²) >= 11 is 0. The summed E-state index contributed by atoms with van der Waals surface area (Å²) in [5.74, 6) is -1.46. The van der Waals surface area contributed by atoms with Gasteiger partial charge in [-0.1, -0.05) is 19.1 Å². The molecule has 21 heavy (non-hydrogen) atoms. The van der Waals surface area contributed by atoms with Crippen molar-refractivity contribution >= 4 is 28.0 Å². The van der Waals surface area contributed by atoms with Gasteiger partial charge in [0.05, 0.1) is 11.1 Å². The molecule has 3 rings (SSSR count). The average molecular weight is 285 g/mol. The van der Waals surface area contributed by atoms with Crippen molar-refractivity contribution in [1.29, 1.82) is 0 Å². The van der Waals surface area contributed by atoms with Crippen LogP contribution in [-0.4, -0.2) is 15.6 Å². The van der Waals surface area contributed by atoms with Crippen LogP contribution >= 0.6 is 0 Å². The molecule has 0 spiro atoms. The highest BCUT2D eigenvalue weighted by atomic mass is 16.4. The second-order valence-electron chi connectivity index (χ2n) is 4.84. The highest BCUT2D eigenvalue weighted by Crippen LogP contribution is 2.28. The Balaban J connectivity index is 2.62. The summed E-state index contributed by atoms with van der Waals surface area (Å²) in [5, 5.41) is 10.0. The molecule has 5 nitrogen and oxygen atoms in total. The molecule has 0 radical (unpaired) electrons. The maximum Gasteiger partial charge on any atom is 0.372 e. The lowest BCUT2D eigenvalue weighted by Crippen LogP contribution is -2.17. The molecule has 0 saturated carbocycles. The number of aromatic carboxylic acids is 1. The Bertz CT molecular complexity index is 917. The van der Waals surface area contributed by atoms with E-state index in [1.807, 2.05) is 35.8 Å². The van der Waals surface area contributed by atoms with E-state index in [1.54, 1.807) is 6.92 Å². The number of rotatable bonds is 3. The molecule has 1 N–H and O–H groups in total. The molecule has 0 unspecified atom stereocenters. The number of carboxylic acids is 1. The Morgan fingerprint density at radius 2 is 2.00 bits per heavy atom. The van der Waals surface area contributed by atoms with Gasteiger partial charge < -0.3 is 14.1 Å². The summed E-state index contributed by atoms with van der Waals surface area (Å²) in [5.41, 5.74) is 1.63. The molecule has 0 fully saturated rings. The van der Waals surface area contributed by atoms with Crippen molar-refractivity contribution in [2.45, 2.75) is 26.8 Å². The normalized spacial score (nSPS) is 11.3. The van der Waals surface area contributed by atoms with Gasteiger partial charge in [0.2, 0.25) is 11.2 Å². The molecular formula is C16H15NO4. The van der Waals surface area contributed by atoms with E-state index in [0.29, 0.717) is 24.1 Å². The third-order valence-electron chi connectivity index (χ3n) is 3.76. The van der Waals surface area contributed by atoms with Crippen LogP contribution in [-0.2, 0) is 13.0 Å². The van der Waals surface area contributed by atoms with Crippen molar-refractivity contribution in [3.8, 4) is 0 Å². The summed E-state index contributed by atoms with van der Waals surface area (Å²) < 4.78 is 7.48. The number of hydrogen-bond acceptors (Lipinski definition) is 3. The summed E-state index contributed by atoms with van der Waals surface area (Å²) in [4.78, 5) is 24.0. The SMILES string of the molecule is CCc1c(C(=O)O)oc2c3ccccc3n(CC)c2c1=O. The van der Waals surface area contributed by atoms with Gasteiger partial charge in [0.1, 0.15) is 5.52 Å². The van der Waals surface area contributed by atoms with Crippen LogP contribution in [0.1, 0.15) is 30.0 Å². The molecule has 0 amide bonds. The predicted molar refractivity (Wildman–Crippen MR) is 80.0 cm³/mol. The Hall–Kier alpha value is -2.56. The van der Waals surface area contributed by atoms with E-state index >= 15 is 0 Å². The molecule has 0 aliphatic heterocycles. The molecule has 5 heteroatoms. The maximum atomic E-state index is 12.7. The number of para-hydroxylation sites is 1. The number of aromatic nitrogens is 1. The zero-order chi connectivity index (χ0) is 15.1. The van der Waals surface area contributed by atoms with Gasteiger partial charge in [-0.25, -0.2) is 4.79 Å². The third kappa shape index (κ3) is 1.77. The fraction of sp³-hybridized carbons (Fsp3) is 0.250. The topological polar surface area (TPSA) is 72.4 Å². The minimum atomic E-state index is -1.21. The Kier molecular flexibility index (Phi) is 3.05. The van der Waals surface area contributed by atoms with Gasteiger partial charge in [0.25, 0.3) is 0 Å². The molecular weight excluding hydrogens is 270 g/mol. The first kappa shape index (κ1) is 13.4. The van der Waals surface area contributed by atoms with E-state index in [0.717, 1.165) is 10.9 Å². The van der Waals surface area contributed by atoms with E-state index in [-0.39, 0.29) is 16.8 Å².